The Hall–Kier alpha value is -4.24. The molecular formula is C31H33FN6OS. The second-order valence-corrected chi connectivity index (χ2v) is 10.6. The number of nitrogens with zero attached hydrogens (tertiary/aromatic N) is 4. The number of carbonyl (C=O) groups is 1. The molecule has 1 amide bonds. The Morgan fingerprint density at radius 3 is 2.48 bits per heavy atom. The van der Waals surface area contributed by atoms with Crippen LogP contribution in [0.3, 0.4) is 0 Å². The van der Waals surface area contributed by atoms with Crippen LogP contribution in [0.5, 0.6) is 0 Å². The number of benzene rings is 2. The van der Waals surface area contributed by atoms with E-state index in [0.717, 1.165) is 34.0 Å². The van der Waals surface area contributed by atoms with Crippen LogP contribution < -0.4 is 15.5 Å². The lowest BCUT2D eigenvalue weighted by molar-refractivity contribution is -0.116. The van der Waals surface area contributed by atoms with Crippen molar-refractivity contribution in [1.82, 2.24) is 19.8 Å². The van der Waals surface area contributed by atoms with Crippen LogP contribution in [-0.4, -0.2) is 46.1 Å². The van der Waals surface area contributed by atoms with E-state index in [1.807, 2.05) is 32.3 Å². The fourth-order valence-electron chi connectivity index (χ4n) is 5.37. The topological polar surface area (TPSA) is 65.4 Å². The number of thiocarbonyl (C=S) groups is 1. The van der Waals surface area contributed by atoms with E-state index < -0.39 is 5.82 Å². The molecule has 0 spiro atoms. The van der Waals surface area contributed by atoms with Crippen molar-refractivity contribution in [2.24, 2.45) is 0 Å². The fraction of sp³-hybridized carbons (Fsp3) is 0.258. The first kappa shape index (κ1) is 27.3. The summed E-state index contributed by atoms with van der Waals surface area (Å²) in [4.78, 5) is 21.6. The van der Waals surface area contributed by atoms with Crippen molar-refractivity contribution in [3.05, 3.63) is 107 Å². The Balaban J connectivity index is 1.47. The van der Waals surface area contributed by atoms with Crippen molar-refractivity contribution in [2.45, 2.75) is 32.4 Å². The summed E-state index contributed by atoms with van der Waals surface area (Å²) < 4.78 is 16.3. The van der Waals surface area contributed by atoms with Gasteiger partial charge >= 0.3 is 0 Å². The number of aryl methyl sites for hydroxylation is 1. The molecule has 2 aromatic carbocycles. The zero-order chi connectivity index (χ0) is 28.4. The van der Waals surface area contributed by atoms with E-state index in [1.165, 1.54) is 6.07 Å². The first-order valence-corrected chi connectivity index (χ1v) is 13.6. The first-order chi connectivity index (χ1) is 19.2. The number of anilines is 2. The van der Waals surface area contributed by atoms with Gasteiger partial charge in [-0.3, -0.25) is 9.78 Å². The normalized spacial score (nSPS) is 16.6. The van der Waals surface area contributed by atoms with Gasteiger partial charge in [-0.15, -0.1) is 0 Å². The second-order valence-electron chi connectivity index (χ2n) is 10.2. The van der Waals surface area contributed by atoms with E-state index in [-0.39, 0.29) is 30.1 Å². The van der Waals surface area contributed by atoms with E-state index in [4.69, 9.17) is 12.2 Å². The zero-order valence-electron chi connectivity index (χ0n) is 23.1. The van der Waals surface area contributed by atoms with Gasteiger partial charge in [0.15, 0.2) is 5.11 Å². The molecule has 0 bridgehead atoms. The van der Waals surface area contributed by atoms with Crippen LogP contribution >= 0.6 is 12.2 Å². The van der Waals surface area contributed by atoms with Crippen molar-refractivity contribution in [1.29, 1.82) is 0 Å². The van der Waals surface area contributed by atoms with Gasteiger partial charge in [0, 0.05) is 56.0 Å². The maximum Gasteiger partial charge on any atom is 0.226 e. The van der Waals surface area contributed by atoms with Gasteiger partial charge in [-0.2, -0.15) is 0 Å². The molecule has 0 radical (unpaired) electrons. The number of aromatic nitrogens is 2. The summed E-state index contributed by atoms with van der Waals surface area (Å²) >= 11 is 5.80. The molecular weight excluding hydrogens is 523 g/mol. The summed E-state index contributed by atoms with van der Waals surface area (Å²) in [6.07, 6.45) is 1.92. The van der Waals surface area contributed by atoms with Gasteiger partial charge in [-0.1, -0.05) is 18.2 Å². The van der Waals surface area contributed by atoms with Crippen LogP contribution in [0.15, 0.2) is 79.0 Å². The summed E-state index contributed by atoms with van der Waals surface area (Å²) in [6.45, 7) is 4.57. The number of rotatable bonds is 8. The molecule has 4 aromatic rings. The minimum absolute atomic E-state index is 0.145. The van der Waals surface area contributed by atoms with Crippen molar-refractivity contribution in [3.63, 3.8) is 0 Å². The lowest BCUT2D eigenvalue weighted by Gasteiger charge is -2.28. The highest BCUT2D eigenvalue weighted by atomic mass is 32.1. The molecule has 40 heavy (non-hydrogen) atoms. The zero-order valence-corrected chi connectivity index (χ0v) is 23.9. The number of hydrogen-bond donors (Lipinski definition) is 2. The predicted octanol–water partition coefficient (Wildman–Crippen LogP) is 5.70. The van der Waals surface area contributed by atoms with Gasteiger partial charge in [-0.05, 0) is 86.2 Å². The molecule has 1 aliphatic heterocycles. The van der Waals surface area contributed by atoms with Crippen LogP contribution in [0.4, 0.5) is 15.8 Å². The lowest BCUT2D eigenvalue weighted by atomic mass is 9.96. The molecule has 9 heteroatoms. The molecule has 2 N–H and O–H groups in total. The molecule has 0 aliphatic carbocycles. The highest BCUT2D eigenvalue weighted by Gasteiger charge is 2.41. The molecule has 206 valence electrons. The van der Waals surface area contributed by atoms with Crippen LogP contribution in [0.1, 0.15) is 41.1 Å². The molecule has 1 fully saturated rings. The Bertz CT molecular complexity index is 1520. The number of pyridine rings is 1. The van der Waals surface area contributed by atoms with E-state index in [0.29, 0.717) is 11.7 Å². The van der Waals surface area contributed by atoms with Crippen LogP contribution in [-0.2, 0) is 4.79 Å². The van der Waals surface area contributed by atoms with Crippen molar-refractivity contribution < 1.29 is 9.18 Å². The monoisotopic (exact) mass is 556 g/mol. The Labute approximate surface area is 239 Å². The molecule has 0 saturated carbocycles. The standard InChI is InChI=1S/C31H33FN6OS/c1-20-19-24(21(2)38(20)23-14-12-22(13-15-23)36(3)4)30-29(27-11-7-8-17-33-27)35-31(40)37(30)18-16-28(39)34-26-10-6-5-9-25(26)32/h5-15,17,19,29-30H,16,18H2,1-4H3,(H,34,39)(H,35,40). The van der Waals surface area contributed by atoms with Crippen molar-refractivity contribution in [3.8, 4) is 5.69 Å². The lowest BCUT2D eigenvalue weighted by Crippen LogP contribution is -2.33. The summed E-state index contributed by atoms with van der Waals surface area (Å²) in [5.74, 6) is -0.743. The van der Waals surface area contributed by atoms with E-state index in [9.17, 15) is 9.18 Å². The smallest absolute Gasteiger partial charge is 0.226 e. The molecule has 3 heterocycles. The SMILES string of the molecule is Cc1cc(C2C(c3ccccn3)NC(=S)N2CCC(=O)Nc2ccccc2F)c(C)n1-c1ccc(N(C)C)cc1. The predicted molar refractivity (Wildman–Crippen MR) is 161 cm³/mol. The first-order valence-electron chi connectivity index (χ1n) is 13.2. The fourth-order valence-corrected chi connectivity index (χ4v) is 5.70. The molecule has 1 saturated heterocycles. The number of halogens is 1. The molecule has 5 rings (SSSR count). The average molecular weight is 557 g/mol. The number of hydrogen-bond acceptors (Lipinski definition) is 4. The van der Waals surface area contributed by atoms with Crippen LogP contribution in [0, 0.1) is 19.7 Å². The van der Waals surface area contributed by atoms with Crippen molar-refractivity contribution in [2.75, 3.05) is 30.9 Å². The number of carbonyl (C=O) groups excluding carboxylic acids is 1. The minimum Gasteiger partial charge on any atom is -0.378 e. The molecule has 2 unspecified atom stereocenters. The molecule has 1 aliphatic rings. The summed E-state index contributed by atoms with van der Waals surface area (Å²) in [5.41, 5.74) is 6.53. The van der Waals surface area contributed by atoms with Gasteiger partial charge in [-0.25, -0.2) is 4.39 Å². The minimum atomic E-state index is -0.464. The van der Waals surface area contributed by atoms with E-state index in [1.54, 1.807) is 24.4 Å². The number of nitrogens with one attached hydrogen (secondary N) is 2. The highest BCUT2D eigenvalue weighted by molar-refractivity contribution is 7.80. The Morgan fingerprint density at radius 1 is 1.07 bits per heavy atom. The third-order valence-electron chi connectivity index (χ3n) is 7.34. The van der Waals surface area contributed by atoms with E-state index in [2.05, 4.69) is 74.2 Å². The summed E-state index contributed by atoms with van der Waals surface area (Å²) in [6, 6.07) is 22.3. The van der Waals surface area contributed by atoms with E-state index >= 15 is 0 Å². The summed E-state index contributed by atoms with van der Waals surface area (Å²) in [5, 5.41) is 6.69. The van der Waals surface area contributed by atoms with Gasteiger partial charge in [0.1, 0.15) is 5.82 Å². The third-order valence-corrected chi connectivity index (χ3v) is 7.69. The molecule has 2 aromatic heterocycles. The van der Waals surface area contributed by atoms with Crippen molar-refractivity contribution >= 4 is 34.6 Å². The maximum atomic E-state index is 14.1. The largest absolute Gasteiger partial charge is 0.378 e. The maximum absolute atomic E-state index is 14.1. The third kappa shape index (κ3) is 5.42. The van der Waals surface area contributed by atoms with Gasteiger partial charge in [0.25, 0.3) is 0 Å². The van der Waals surface area contributed by atoms with Gasteiger partial charge < -0.3 is 25.0 Å². The second kappa shape index (κ2) is 11.5. The highest BCUT2D eigenvalue weighted by Crippen LogP contribution is 2.41. The number of amides is 1. The van der Waals surface area contributed by atoms with Gasteiger partial charge in [0.05, 0.1) is 23.5 Å². The quantitative estimate of drug-likeness (QED) is 0.272. The molecule has 2 atom stereocenters. The number of para-hydroxylation sites is 1. The Morgan fingerprint density at radius 2 is 1.80 bits per heavy atom. The average Bonchev–Trinajstić information content (AvgIpc) is 3.43. The Kier molecular flexibility index (Phi) is 7.84. The van der Waals surface area contributed by atoms with Gasteiger partial charge in [0.2, 0.25) is 5.91 Å². The van der Waals surface area contributed by atoms with Crippen LogP contribution in [0.2, 0.25) is 0 Å². The van der Waals surface area contributed by atoms with Crippen LogP contribution in [0.25, 0.3) is 5.69 Å². The molecule has 7 nitrogen and oxygen atoms in total. The summed E-state index contributed by atoms with van der Waals surface area (Å²) in [7, 11) is 4.05.